The Morgan fingerprint density at radius 2 is 1.83 bits per heavy atom. The van der Waals surface area contributed by atoms with Crippen molar-refractivity contribution in [2.45, 2.75) is 44.6 Å². The molecule has 1 aromatic carbocycles. The minimum Gasteiger partial charge on any atom is -0.385 e. The number of nitrogens with one attached hydrogen (secondary N) is 1. The van der Waals surface area contributed by atoms with E-state index in [-0.39, 0.29) is 18.2 Å². The van der Waals surface area contributed by atoms with Crippen LogP contribution in [0.3, 0.4) is 0 Å². The summed E-state index contributed by atoms with van der Waals surface area (Å²) in [5.74, 6) is -0.148. The van der Waals surface area contributed by atoms with E-state index in [1.54, 1.807) is 19.1 Å². The molecule has 23 heavy (non-hydrogen) atoms. The molecule has 0 aliphatic carbocycles. The third kappa shape index (κ3) is 5.36. The monoisotopic (exact) mass is 318 g/mol. The standard InChI is InChI=1S/C18H26N2O3/c1-18(23,15-8-4-2-5-9-15)14-16(21)19-11-10-17(22)20-12-6-3-7-13-20/h2,4-5,8-9,23H,3,6-7,10-14H2,1H3,(H,19,21). The van der Waals surface area contributed by atoms with E-state index >= 15 is 0 Å². The first kappa shape index (κ1) is 17.5. The smallest absolute Gasteiger partial charge is 0.224 e. The summed E-state index contributed by atoms with van der Waals surface area (Å²) in [6.45, 7) is 3.60. The van der Waals surface area contributed by atoms with Crippen LogP contribution in [-0.2, 0) is 15.2 Å². The zero-order valence-corrected chi connectivity index (χ0v) is 13.8. The summed E-state index contributed by atoms with van der Waals surface area (Å²) in [5.41, 5.74) is -0.498. The number of likely N-dealkylation sites (tertiary alicyclic amines) is 1. The molecule has 1 aliphatic heterocycles. The number of benzene rings is 1. The molecule has 5 nitrogen and oxygen atoms in total. The third-order valence-electron chi connectivity index (χ3n) is 4.27. The van der Waals surface area contributed by atoms with E-state index in [2.05, 4.69) is 5.32 Å². The highest BCUT2D eigenvalue weighted by Crippen LogP contribution is 2.23. The molecule has 1 aliphatic rings. The lowest BCUT2D eigenvalue weighted by Gasteiger charge is -2.27. The molecule has 2 rings (SSSR count). The SMILES string of the molecule is CC(O)(CC(=O)NCCC(=O)N1CCCCC1)c1ccccc1. The molecule has 0 bridgehead atoms. The van der Waals surface area contributed by atoms with Crippen molar-refractivity contribution in [1.82, 2.24) is 10.2 Å². The Kier molecular flexibility index (Phi) is 6.16. The first-order valence-electron chi connectivity index (χ1n) is 8.31. The summed E-state index contributed by atoms with van der Waals surface area (Å²) in [6, 6.07) is 9.13. The molecule has 1 unspecified atom stereocenters. The number of aliphatic hydroxyl groups is 1. The highest BCUT2D eigenvalue weighted by atomic mass is 16.3. The van der Waals surface area contributed by atoms with Crippen molar-refractivity contribution in [2.75, 3.05) is 19.6 Å². The maximum Gasteiger partial charge on any atom is 0.224 e. The van der Waals surface area contributed by atoms with Gasteiger partial charge < -0.3 is 15.3 Å². The number of hydrogen-bond donors (Lipinski definition) is 2. The normalized spacial score (nSPS) is 17.4. The van der Waals surface area contributed by atoms with Crippen molar-refractivity contribution < 1.29 is 14.7 Å². The van der Waals surface area contributed by atoms with Crippen molar-refractivity contribution in [3.8, 4) is 0 Å². The van der Waals surface area contributed by atoms with Crippen LogP contribution in [0.1, 0.15) is 44.6 Å². The van der Waals surface area contributed by atoms with E-state index < -0.39 is 5.60 Å². The van der Waals surface area contributed by atoms with E-state index in [0.29, 0.717) is 18.5 Å². The Bertz CT molecular complexity index is 522. The van der Waals surface area contributed by atoms with Gasteiger partial charge in [-0.15, -0.1) is 0 Å². The van der Waals surface area contributed by atoms with Gasteiger partial charge in [0.15, 0.2) is 0 Å². The van der Waals surface area contributed by atoms with Crippen LogP contribution in [0.15, 0.2) is 30.3 Å². The van der Waals surface area contributed by atoms with Gasteiger partial charge in [-0.05, 0) is 31.7 Å². The topological polar surface area (TPSA) is 69.6 Å². The summed E-state index contributed by atoms with van der Waals surface area (Å²) in [7, 11) is 0. The molecule has 5 heteroatoms. The molecule has 1 fully saturated rings. The number of rotatable bonds is 6. The van der Waals surface area contributed by atoms with Gasteiger partial charge in [0.25, 0.3) is 0 Å². The number of carbonyl (C=O) groups is 2. The summed E-state index contributed by atoms with van der Waals surface area (Å²) in [4.78, 5) is 25.9. The van der Waals surface area contributed by atoms with Crippen molar-refractivity contribution >= 4 is 11.8 Å². The van der Waals surface area contributed by atoms with E-state index in [0.717, 1.165) is 25.9 Å². The molecule has 0 spiro atoms. The molecule has 2 amide bonds. The fourth-order valence-corrected chi connectivity index (χ4v) is 2.88. The van der Waals surface area contributed by atoms with Crippen LogP contribution >= 0.6 is 0 Å². The quantitative estimate of drug-likeness (QED) is 0.840. The summed E-state index contributed by atoms with van der Waals surface area (Å²) >= 11 is 0. The van der Waals surface area contributed by atoms with E-state index in [9.17, 15) is 14.7 Å². The van der Waals surface area contributed by atoms with Gasteiger partial charge in [-0.1, -0.05) is 30.3 Å². The predicted molar refractivity (Wildman–Crippen MR) is 88.7 cm³/mol. The number of nitrogens with zero attached hydrogens (tertiary/aromatic N) is 1. The summed E-state index contributed by atoms with van der Waals surface area (Å²) in [6.07, 6.45) is 3.62. The number of carbonyl (C=O) groups excluding carboxylic acids is 2. The summed E-state index contributed by atoms with van der Waals surface area (Å²) < 4.78 is 0. The Labute approximate surface area is 137 Å². The van der Waals surface area contributed by atoms with Gasteiger partial charge in [0.1, 0.15) is 0 Å². The number of hydrogen-bond acceptors (Lipinski definition) is 3. The van der Waals surface area contributed by atoms with E-state index in [4.69, 9.17) is 0 Å². The molecule has 1 aromatic rings. The number of piperidine rings is 1. The average Bonchev–Trinajstić information content (AvgIpc) is 2.56. The van der Waals surface area contributed by atoms with Crippen LogP contribution in [0.2, 0.25) is 0 Å². The second-order valence-corrected chi connectivity index (χ2v) is 6.36. The lowest BCUT2D eigenvalue weighted by molar-refractivity contribution is -0.132. The highest BCUT2D eigenvalue weighted by Gasteiger charge is 2.26. The zero-order chi connectivity index (χ0) is 16.7. The van der Waals surface area contributed by atoms with Gasteiger partial charge in [0.2, 0.25) is 11.8 Å². The second kappa shape index (κ2) is 8.11. The third-order valence-corrected chi connectivity index (χ3v) is 4.27. The Hall–Kier alpha value is -1.88. The fourth-order valence-electron chi connectivity index (χ4n) is 2.88. The van der Waals surface area contributed by atoms with Gasteiger partial charge in [-0.25, -0.2) is 0 Å². The van der Waals surface area contributed by atoms with Gasteiger partial charge in [-0.2, -0.15) is 0 Å². The molecular formula is C18H26N2O3. The van der Waals surface area contributed by atoms with Gasteiger partial charge in [0, 0.05) is 26.1 Å². The lowest BCUT2D eigenvalue weighted by Crippen LogP contribution is -2.38. The molecule has 0 radical (unpaired) electrons. The maximum absolute atomic E-state index is 12.0. The Morgan fingerprint density at radius 1 is 1.17 bits per heavy atom. The first-order valence-corrected chi connectivity index (χ1v) is 8.31. The molecule has 1 atom stereocenters. The lowest BCUT2D eigenvalue weighted by atomic mass is 9.92. The molecule has 0 aromatic heterocycles. The first-order chi connectivity index (χ1) is 11.0. The molecule has 0 saturated carbocycles. The van der Waals surface area contributed by atoms with Crippen LogP contribution in [0.4, 0.5) is 0 Å². The van der Waals surface area contributed by atoms with E-state index in [1.807, 2.05) is 23.1 Å². The van der Waals surface area contributed by atoms with Crippen molar-refractivity contribution in [1.29, 1.82) is 0 Å². The molecule has 1 saturated heterocycles. The fraction of sp³-hybridized carbons (Fsp3) is 0.556. The largest absolute Gasteiger partial charge is 0.385 e. The van der Waals surface area contributed by atoms with Crippen molar-refractivity contribution in [3.05, 3.63) is 35.9 Å². The highest BCUT2D eigenvalue weighted by molar-refractivity contribution is 5.79. The molecule has 126 valence electrons. The van der Waals surface area contributed by atoms with Crippen LogP contribution in [-0.4, -0.2) is 41.5 Å². The van der Waals surface area contributed by atoms with Crippen molar-refractivity contribution in [2.24, 2.45) is 0 Å². The maximum atomic E-state index is 12.0. The Balaban J connectivity index is 1.73. The van der Waals surface area contributed by atoms with Gasteiger partial charge in [-0.3, -0.25) is 9.59 Å². The van der Waals surface area contributed by atoms with Crippen LogP contribution < -0.4 is 5.32 Å². The average molecular weight is 318 g/mol. The molecular weight excluding hydrogens is 292 g/mol. The van der Waals surface area contributed by atoms with Crippen molar-refractivity contribution in [3.63, 3.8) is 0 Å². The minimum atomic E-state index is -1.21. The van der Waals surface area contributed by atoms with Crippen LogP contribution in [0.5, 0.6) is 0 Å². The van der Waals surface area contributed by atoms with Crippen LogP contribution in [0.25, 0.3) is 0 Å². The summed E-state index contributed by atoms with van der Waals surface area (Å²) in [5, 5.41) is 13.2. The molecule has 1 heterocycles. The predicted octanol–water partition coefficient (Wildman–Crippen LogP) is 1.80. The minimum absolute atomic E-state index is 0.0189. The van der Waals surface area contributed by atoms with Gasteiger partial charge in [0.05, 0.1) is 12.0 Å². The molecule has 2 N–H and O–H groups in total. The zero-order valence-electron chi connectivity index (χ0n) is 13.8. The van der Waals surface area contributed by atoms with E-state index in [1.165, 1.54) is 6.42 Å². The van der Waals surface area contributed by atoms with Crippen LogP contribution in [0, 0.1) is 0 Å². The second-order valence-electron chi connectivity index (χ2n) is 6.36. The van der Waals surface area contributed by atoms with Gasteiger partial charge >= 0.3 is 0 Å². The number of amides is 2. The Morgan fingerprint density at radius 3 is 2.48 bits per heavy atom.